The van der Waals surface area contributed by atoms with Crippen LogP contribution in [0.25, 0.3) is 0 Å². The highest BCUT2D eigenvalue weighted by Gasteiger charge is 2.25. The van der Waals surface area contributed by atoms with Crippen LogP contribution < -0.4 is 14.8 Å². The molecule has 2 aromatic rings. The highest BCUT2D eigenvalue weighted by atomic mass is 16.6. The van der Waals surface area contributed by atoms with E-state index in [-0.39, 0.29) is 22.7 Å². The number of carbonyl (C=O) groups is 1. The predicted molar refractivity (Wildman–Crippen MR) is 99.4 cm³/mol. The SMILES string of the molecule is CCOc1cc(C(=O)Nc2c(C)cc(C)cc2C)c([N+](=O)[O-])cc1OC. The number of hydrogen-bond acceptors (Lipinski definition) is 5. The zero-order valence-electron chi connectivity index (χ0n) is 15.5. The van der Waals surface area contributed by atoms with Gasteiger partial charge in [0.05, 0.1) is 24.7 Å². The molecule has 2 aromatic carbocycles. The third kappa shape index (κ3) is 3.93. The first-order chi connectivity index (χ1) is 12.3. The number of nitrogens with one attached hydrogen (secondary N) is 1. The number of hydrogen-bond donors (Lipinski definition) is 1. The van der Waals surface area contributed by atoms with E-state index < -0.39 is 10.8 Å². The van der Waals surface area contributed by atoms with Crippen molar-refractivity contribution in [3.63, 3.8) is 0 Å². The number of anilines is 1. The lowest BCUT2D eigenvalue weighted by molar-refractivity contribution is -0.385. The summed E-state index contributed by atoms with van der Waals surface area (Å²) in [4.78, 5) is 23.6. The zero-order chi connectivity index (χ0) is 19.4. The van der Waals surface area contributed by atoms with Crippen molar-refractivity contribution in [3.8, 4) is 11.5 Å². The lowest BCUT2D eigenvalue weighted by atomic mass is 10.0. The quantitative estimate of drug-likeness (QED) is 0.618. The molecular formula is C19H22N2O5. The molecule has 0 saturated carbocycles. The van der Waals surface area contributed by atoms with Gasteiger partial charge in [-0.2, -0.15) is 0 Å². The van der Waals surface area contributed by atoms with Crippen molar-refractivity contribution in [1.82, 2.24) is 0 Å². The van der Waals surface area contributed by atoms with Gasteiger partial charge < -0.3 is 14.8 Å². The molecule has 0 aliphatic rings. The second-order valence-corrected chi connectivity index (χ2v) is 5.94. The van der Waals surface area contributed by atoms with E-state index >= 15 is 0 Å². The molecule has 0 heterocycles. The van der Waals surface area contributed by atoms with Crippen LogP contribution >= 0.6 is 0 Å². The van der Waals surface area contributed by atoms with Crippen LogP contribution in [0.3, 0.4) is 0 Å². The number of nitro groups is 1. The van der Waals surface area contributed by atoms with Crippen LogP contribution in [-0.4, -0.2) is 24.5 Å². The minimum atomic E-state index is -0.609. The average Bonchev–Trinajstić information content (AvgIpc) is 2.57. The summed E-state index contributed by atoms with van der Waals surface area (Å²) in [6, 6.07) is 6.43. The third-order valence-corrected chi connectivity index (χ3v) is 3.94. The van der Waals surface area contributed by atoms with E-state index in [1.807, 2.05) is 32.9 Å². The van der Waals surface area contributed by atoms with Crippen LogP contribution in [0, 0.1) is 30.9 Å². The molecule has 1 N–H and O–H groups in total. The van der Waals surface area contributed by atoms with E-state index in [1.54, 1.807) is 6.92 Å². The van der Waals surface area contributed by atoms with Gasteiger partial charge in [0.1, 0.15) is 5.56 Å². The van der Waals surface area contributed by atoms with Crippen LogP contribution in [0.1, 0.15) is 34.0 Å². The molecule has 0 saturated heterocycles. The summed E-state index contributed by atoms with van der Waals surface area (Å²) in [6.07, 6.45) is 0. The van der Waals surface area contributed by atoms with Crippen molar-refractivity contribution in [3.05, 3.63) is 56.6 Å². The van der Waals surface area contributed by atoms with E-state index in [0.29, 0.717) is 12.3 Å². The molecule has 26 heavy (non-hydrogen) atoms. The molecule has 0 fully saturated rings. The van der Waals surface area contributed by atoms with Crippen LogP contribution in [0.2, 0.25) is 0 Å². The molecule has 7 nitrogen and oxygen atoms in total. The first kappa shape index (κ1) is 19.2. The largest absolute Gasteiger partial charge is 0.493 e. The highest BCUT2D eigenvalue weighted by Crippen LogP contribution is 2.35. The van der Waals surface area contributed by atoms with Gasteiger partial charge in [0.15, 0.2) is 11.5 Å². The van der Waals surface area contributed by atoms with Gasteiger partial charge in [-0.3, -0.25) is 14.9 Å². The molecule has 0 aromatic heterocycles. The minimum absolute atomic E-state index is 0.0846. The Morgan fingerprint density at radius 1 is 1.12 bits per heavy atom. The fraction of sp³-hybridized carbons (Fsp3) is 0.316. The van der Waals surface area contributed by atoms with E-state index in [9.17, 15) is 14.9 Å². The van der Waals surface area contributed by atoms with Gasteiger partial charge in [-0.05, 0) is 38.8 Å². The normalized spacial score (nSPS) is 10.3. The number of nitrogens with zero attached hydrogens (tertiary/aromatic N) is 1. The van der Waals surface area contributed by atoms with Crippen molar-refractivity contribution >= 4 is 17.3 Å². The number of rotatable bonds is 6. The van der Waals surface area contributed by atoms with Crippen LogP contribution in [0.15, 0.2) is 24.3 Å². The maximum Gasteiger partial charge on any atom is 0.286 e. The van der Waals surface area contributed by atoms with Crippen LogP contribution in [0.5, 0.6) is 11.5 Å². The minimum Gasteiger partial charge on any atom is -0.493 e. The summed E-state index contributed by atoms with van der Waals surface area (Å²) >= 11 is 0. The topological polar surface area (TPSA) is 90.7 Å². The van der Waals surface area contributed by atoms with Crippen LogP contribution in [0.4, 0.5) is 11.4 Å². The van der Waals surface area contributed by atoms with Gasteiger partial charge in [-0.1, -0.05) is 17.7 Å². The number of nitro benzene ring substituents is 1. The molecule has 2 rings (SSSR count). The second kappa shape index (κ2) is 7.86. The van der Waals surface area contributed by atoms with Gasteiger partial charge in [0, 0.05) is 11.8 Å². The van der Waals surface area contributed by atoms with Crippen LogP contribution in [-0.2, 0) is 0 Å². The molecule has 0 aliphatic heterocycles. The van der Waals surface area contributed by atoms with Crippen molar-refractivity contribution in [2.75, 3.05) is 19.0 Å². The maximum atomic E-state index is 12.8. The summed E-state index contributed by atoms with van der Waals surface area (Å²) in [6.45, 7) is 7.84. The van der Waals surface area contributed by atoms with Crippen molar-refractivity contribution in [1.29, 1.82) is 0 Å². The number of benzene rings is 2. The van der Waals surface area contributed by atoms with Gasteiger partial charge in [0.25, 0.3) is 11.6 Å². The summed E-state index contributed by atoms with van der Waals surface area (Å²) in [5.74, 6) is -0.0868. The Bertz CT molecular complexity index is 838. The number of aryl methyl sites for hydroxylation is 3. The standard InChI is InChI=1S/C19H22N2O5/c1-6-26-17-9-14(15(21(23)24)10-16(17)25-5)19(22)20-18-12(3)7-11(2)8-13(18)4/h7-10H,6H2,1-5H3,(H,20,22). The third-order valence-electron chi connectivity index (χ3n) is 3.94. The average molecular weight is 358 g/mol. The molecule has 0 radical (unpaired) electrons. The molecule has 0 spiro atoms. The lowest BCUT2D eigenvalue weighted by Gasteiger charge is -2.15. The van der Waals surface area contributed by atoms with Gasteiger partial charge in [0.2, 0.25) is 0 Å². The molecule has 0 unspecified atom stereocenters. The highest BCUT2D eigenvalue weighted by molar-refractivity contribution is 6.08. The summed E-state index contributed by atoms with van der Waals surface area (Å²) < 4.78 is 10.6. The van der Waals surface area contributed by atoms with Crippen molar-refractivity contribution in [2.24, 2.45) is 0 Å². The fourth-order valence-corrected chi connectivity index (χ4v) is 2.87. The number of carbonyl (C=O) groups excluding carboxylic acids is 1. The fourth-order valence-electron chi connectivity index (χ4n) is 2.87. The van der Waals surface area contributed by atoms with E-state index in [0.717, 1.165) is 16.7 Å². The maximum absolute atomic E-state index is 12.8. The van der Waals surface area contributed by atoms with Gasteiger partial charge >= 0.3 is 0 Å². The second-order valence-electron chi connectivity index (χ2n) is 5.94. The Morgan fingerprint density at radius 3 is 2.23 bits per heavy atom. The molecule has 0 bridgehead atoms. The Labute approximate surface area is 152 Å². The van der Waals surface area contributed by atoms with Gasteiger partial charge in [-0.25, -0.2) is 0 Å². The molecule has 0 atom stereocenters. The Balaban J connectivity index is 2.51. The Hall–Kier alpha value is -3.09. The first-order valence-electron chi connectivity index (χ1n) is 8.16. The van der Waals surface area contributed by atoms with Crippen molar-refractivity contribution in [2.45, 2.75) is 27.7 Å². The number of methoxy groups -OCH3 is 1. The summed E-state index contributed by atoms with van der Waals surface area (Å²) in [5, 5.41) is 14.2. The molecule has 1 amide bonds. The van der Waals surface area contributed by atoms with Crippen molar-refractivity contribution < 1.29 is 19.2 Å². The first-order valence-corrected chi connectivity index (χ1v) is 8.16. The van der Waals surface area contributed by atoms with E-state index in [2.05, 4.69) is 5.32 Å². The number of ether oxygens (including phenoxy) is 2. The monoisotopic (exact) mass is 358 g/mol. The molecule has 0 aliphatic carbocycles. The van der Waals surface area contributed by atoms with Gasteiger partial charge in [-0.15, -0.1) is 0 Å². The lowest BCUT2D eigenvalue weighted by Crippen LogP contribution is -2.16. The molecular weight excluding hydrogens is 336 g/mol. The zero-order valence-corrected chi connectivity index (χ0v) is 15.5. The smallest absolute Gasteiger partial charge is 0.286 e. The summed E-state index contributed by atoms with van der Waals surface area (Å²) in [5.41, 5.74) is 3.06. The predicted octanol–water partition coefficient (Wildman–Crippen LogP) is 4.18. The van der Waals surface area contributed by atoms with E-state index in [4.69, 9.17) is 9.47 Å². The summed E-state index contributed by atoms with van der Waals surface area (Å²) in [7, 11) is 1.39. The molecule has 7 heteroatoms. The van der Waals surface area contributed by atoms with E-state index in [1.165, 1.54) is 19.2 Å². The molecule has 138 valence electrons. The Morgan fingerprint density at radius 2 is 1.73 bits per heavy atom. The number of amides is 1. The Kier molecular flexibility index (Phi) is 5.82.